The van der Waals surface area contributed by atoms with Gasteiger partial charge in [-0.05, 0) is 33.1 Å². The van der Waals surface area contributed by atoms with E-state index in [9.17, 15) is 24.6 Å². The Morgan fingerprint density at radius 2 is 1.74 bits per heavy atom. The van der Waals surface area contributed by atoms with E-state index in [1.807, 2.05) is 68.4 Å². The molecular weight excluding hydrogens is 432 g/mol. The number of aliphatic carboxylic acids is 1. The van der Waals surface area contributed by atoms with Gasteiger partial charge in [0, 0.05) is 42.5 Å². The van der Waals surface area contributed by atoms with Crippen molar-refractivity contribution in [1.82, 2.24) is 9.38 Å². The SMILES string of the molecule is CCN(C(=O)CCC(=O)O)[C@@]12CCC[C@@H]1Cc1ccccc1[N@@+]2(C(=O)O)[C@H](C)c1ccccc1. The van der Waals surface area contributed by atoms with Gasteiger partial charge in [-0.2, -0.15) is 9.28 Å². The fourth-order valence-electron chi connectivity index (χ4n) is 6.77. The van der Waals surface area contributed by atoms with Crippen molar-refractivity contribution in [3.05, 3.63) is 65.7 Å². The molecule has 1 aliphatic carbocycles. The zero-order chi connectivity index (χ0) is 24.5. The van der Waals surface area contributed by atoms with E-state index in [-0.39, 0.29) is 29.1 Å². The number of carbonyl (C=O) groups is 3. The maximum absolute atomic E-state index is 13.7. The van der Waals surface area contributed by atoms with Crippen molar-refractivity contribution in [2.75, 3.05) is 6.54 Å². The molecule has 0 bridgehead atoms. The Morgan fingerprint density at radius 3 is 2.38 bits per heavy atom. The maximum atomic E-state index is 13.7. The minimum Gasteiger partial charge on any atom is -0.481 e. The first kappa shape index (κ1) is 24.0. The quantitative estimate of drug-likeness (QED) is 0.548. The molecule has 4 atom stereocenters. The first-order valence-electron chi connectivity index (χ1n) is 12.1. The lowest BCUT2D eigenvalue weighted by Gasteiger charge is -2.59. The molecule has 0 saturated heterocycles. The lowest BCUT2D eigenvalue weighted by molar-refractivity contribution is -0.155. The van der Waals surface area contributed by atoms with E-state index in [0.717, 1.165) is 24.0 Å². The predicted octanol–water partition coefficient (Wildman–Crippen LogP) is 5.20. The number of carbonyl (C=O) groups excluding carboxylic acids is 1. The van der Waals surface area contributed by atoms with Crippen molar-refractivity contribution < 1.29 is 24.6 Å². The van der Waals surface area contributed by atoms with Gasteiger partial charge in [0.25, 0.3) is 0 Å². The molecule has 1 saturated carbocycles. The van der Waals surface area contributed by atoms with Gasteiger partial charge in [0.1, 0.15) is 11.7 Å². The molecule has 2 aromatic rings. The molecule has 4 rings (SSSR count). The van der Waals surface area contributed by atoms with Crippen LogP contribution in [0.4, 0.5) is 10.5 Å². The Kier molecular flexibility index (Phi) is 6.49. The third kappa shape index (κ3) is 3.41. The third-order valence-electron chi connectivity index (χ3n) is 8.00. The summed E-state index contributed by atoms with van der Waals surface area (Å²) in [5.74, 6) is -1.37. The molecule has 2 N–H and O–H groups in total. The Labute approximate surface area is 200 Å². The molecule has 1 aliphatic heterocycles. The highest BCUT2D eigenvalue weighted by molar-refractivity contribution is 5.88. The minimum absolute atomic E-state index is 0.0432. The number of rotatable bonds is 7. The van der Waals surface area contributed by atoms with Crippen LogP contribution in [0.2, 0.25) is 0 Å². The molecular formula is C27H33N2O5+. The summed E-state index contributed by atoms with van der Waals surface area (Å²) in [5.41, 5.74) is 1.61. The van der Waals surface area contributed by atoms with E-state index in [0.29, 0.717) is 25.1 Å². The van der Waals surface area contributed by atoms with Crippen LogP contribution in [0.1, 0.15) is 63.1 Å². The largest absolute Gasteiger partial charge is 0.521 e. The molecule has 180 valence electrons. The number of carboxylic acid groups (broad SMARTS) is 2. The number of hydrogen-bond acceptors (Lipinski definition) is 3. The van der Waals surface area contributed by atoms with E-state index in [2.05, 4.69) is 0 Å². The molecule has 7 heteroatoms. The summed E-state index contributed by atoms with van der Waals surface area (Å²) in [6.45, 7) is 4.14. The summed E-state index contributed by atoms with van der Waals surface area (Å²) in [5, 5.41) is 20.4. The predicted molar refractivity (Wildman–Crippen MR) is 129 cm³/mol. The number of para-hydroxylation sites is 1. The molecule has 7 nitrogen and oxygen atoms in total. The molecule has 1 heterocycles. The summed E-state index contributed by atoms with van der Waals surface area (Å²) in [6, 6.07) is 16.9. The van der Waals surface area contributed by atoms with Gasteiger partial charge in [-0.1, -0.05) is 48.5 Å². The number of nitrogens with zero attached hydrogens (tertiary/aromatic N) is 2. The second kappa shape index (κ2) is 9.22. The lowest BCUT2D eigenvalue weighted by Crippen LogP contribution is -2.79. The fourth-order valence-corrected chi connectivity index (χ4v) is 6.77. The van der Waals surface area contributed by atoms with Crippen LogP contribution < -0.4 is 4.48 Å². The number of fused-ring (bicyclic) bond motifs is 2. The van der Waals surface area contributed by atoms with Crippen LogP contribution in [0.15, 0.2) is 54.6 Å². The first-order chi connectivity index (χ1) is 16.3. The average molecular weight is 466 g/mol. The summed E-state index contributed by atoms with van der Waals surface area (Å²) in [6.07, 6.45) is 1.50. The van der Waals surface area contributed by atoms with Crippen molar-refractivity contribution in [2.24, 2.45) is 5.92 Å². The summed E-state index contributed by atoms with van der Waals surface area (Å²) in [4.78, 5) is 40.2. The molecule has 2 aliphatic rings. The van der Waals surface area contributed by atoms with Gasteiger partial charge in [-0.25, -0.2) is 0 Å². The van der Waals surface area contributed by atoms with Crippen LogP contribution in [0.25, 0.3) is 0 Å². The van der Waals surface area contributed by atoms with Crippen molar-refractivity contribution in [3.8, 4) is 0 Å². The fraction of sp³-hybridized carbons (Fsp3) is 0.444. The summed E-state index contributed by atoms with van der Waals surface area (Å²) < 4.78 is -0.384. The van der Waals surface area contributed by atoms with E-state index in [1.54, 1.807) is 4.90 Å². The second-order valence-electron chi connectivity index (χ2n) is 9.42. The van der Waals surface area contributed by atoms with Gasteiger partial charge in [0.15, 0.2) is 5.66 Å². The zero-order valence-corrected chi connectivity index (χ0v) is 19.8. The molecule has 2 aromatic carbocycles. The van der Waals surface area contributed by atoms with E-state index >= 15 is 0 Å². The van der Waals surface area contributed by atoms with Crippen LogP contribution in [0, 0.1) is 5.92 Å². The van der Waals surface area contributed by atoms with Crippen LogP contribution in [-0.2, 0) is 16.0 Å². The molecule has 0 spiro atoms. The monoisotopic (exact) mass is 465 g/mol. The number of benzene rings is 2. The van der Waals surface area contributed by atoms with Crippen molar-refractivity contribution in [1.29, 1.82) is 0 Å². The molecule has 2 amide bonds. The lowest BCUT2D eigenvalue weighted by atomic mass is 9.76. The standard InChI is InChI=1S/C27H32N2O5/c1-3-28(24(30)15-16-25(31)32)27-17-9-13-22(27)18-21-12-7-8-14-23(21)29(27,26(33)34)19(2)20-10-5-4-6-11-20/h4-8,10-12,14,19,22H,3,9,13,15-18H2,1-2H3,(H-,31,32,33,34)/p+1/t19-,22-,27-,29-/m1/s1. The Balaban J connectivity index is 2.01. The average Bonchev–Trinajstić information content (AvgIpc) is 3.25. The van der Waals surface area contributed by atoms with Crippen LogP contribution in [-0.4, -0.2) is 45.3 Å². The first-order valence-corrected chi connectivity index (χ1v) is 12.1. The van der Waals surface area contributed by atoms with Gasteiger partial charge in [0.05, 0.1) is 6.42 Å². The molecule has 1 fully saturated rings. The maximum Gasteiger partial charge on any atom is 0.521 e. The number of amides is 2. The second-order valence-corrected chi connectivity index (χ2v) is 9.42. The topological polar surface area (TPSA) is 94.9 Å². The Morgan fingerprint density at radius 1 is 1.06 bits per heavy atom. The smallest absolute Gasteiger partial charge is 0.481 e. The highest BCUT2D eigenvalue weighted by Crippen LogP contribution is 2.59. The van der Waals surface area contributed by atoms with Crippen LogP contribution in [0.3, 0.4) is 0 Å². The number of carboxylic acids is 1. The molecule has 0 radical (unpaired) electrons. The zero-order valence-electron chi connectivity index (χ0n) is 19.8. The summed E-state index contributed by atoms with van der Waals surface area (Å²) >= 11 is 0. The van der Waals surface area contributed by atoms with Gasteiger partial charge >= 0.3 is 12.1 Å². The van der Waals surface area contributed by atoms with Gasteiger partial charge < -0.3 is 10.2 Å². The highest BCUT2D eigenvalue weighted by Gasteiger charge is 2.71. The molecule has 34 heavy (non-hydrogen) atoms. The minimum atomic E-state index is -1.03. The third-order valence-corrected chi connectivity index (χ3v) is 8.00. The Hall–Kier alpha value is -3.19. The van der Waals surface area contributed by atoms with E-state index in [4.69, 9.17) is 0 Å². The van der Waals surface area contributed by atoms with Gasteiger partial charge in [0.2, 0.25) is 5.91 Å². The molecule has 0 unspecified atom stereocenters. The van der Waals surface area contributed by atoms with Gasteiger partial charge in [-0.15, -0.1) is 0 Å². The number of hydrogen-bond donors (Lipinski definition) is 2. The summed E-state index contributed by atoms with van der Waals surface area (Å²) in [7, 11) is 0. The molecule has 0 aromatic heterocycles. The normalized spacial score (nSPS) is 26.2. The highest BCUT2D eigenvalue weighted by atomic mass is 16.4. The van der Waals surface area contributed by atoms with Crippen molar-refractivity contribution in [2.45, 2.75) is 64.1 Å². The van der Waals surface area contributed by atoms with Crippen molar-refractivity contribution in [3.63, 3.8) is 0 Å². The van der Waals surface area contributed by atoms with E-state index < -0.39 is 23.8 Å². The van der Waals surface area contributed by atoms with E-state index in [1.165, 1.54) is 0 Å². The van der Waals surface area contributed by atoms with Crippen LogP contribution >= 0.6 is 0 Å². The Bertz CT molecular complexity index is 1090. The van der Waals surface area contributed by atoms with Crippen LogP contribution in [0.5, 0.6) is 0 Å². The number of quaternary nitrogens is 1. The van der Waals surface area contributed by atoms with Gasteiger partial charge in [-0.3, -0.25) is 14.5 Å². The van der Waals surface area contributed by atoms with Crippen molar-refractivity contribution >= 4 is 23.7 Å².